The SMILES string of the molecule is COc1cc(OC)nc(C2CCN(C(=O)CCC(=O)N3CCc4ccccc4C3)CC2)n1. The van der Waals surface area contributed by atoms with Gasteiger partial charge in [-0.1, -0.05) is 24.3 Å². The molecule has 2 aliphatic rings. The van der Waals surface area contributed by atoms with Gasteiger partial charge in [-0.25, -0.2) is 0 Å². The van der Waals surface area contributed by atoms with Crippen LogP contribution in [0.1, 0.15) is 48.6 Å². The number of hydrogen-bond acceptors (Lipinski definition) is 6. The Morgan fingerprint density at radius 1 is 0.906 bits per heavy atom. The molecule has 2 aromatic rings. The second-order valence-electron chi connectivity index (χ2n) is 8.30. The first kappa shape index (κ1) is 22.0. The maximum absolute atomic E-state index is 12.7. The Morgan fingerprint density at radius 2 is 1.50 bits per heavy atom. The molecule has 0 spiro atoms. The van der Waals surface area contributed by atoms with E-state index in [-0.39, 0.29) is 30.6 Å². The van der Waals surface area contributed by atoms with E-state index in [1.807, 2.05) is 21.9 Å². The fourth-order valence-electron chi connectivity index (χ4n) is 4.44. The molecule has 0 aliphatic carbocycles. The Morgan fingerprint density at radius 3 is 2.12 bits per heavy atom. The van der Waals surface area contributed by atoms with Crippen LogP contribution in [0.15, 0.2) is 30.3 Å². The summed E-state index contributed by atoms with van der Waals surface area (Å²) >= 11 is 0. The predicted octanol–water partition coefficient (Wildman–Crippen LogP) is 2.56. The zero-order chi connectivity index (χ0) is 22.5. The van der Waals surface area contributed by atoms with Crippen molar-refractivity contribution in [1.29, 1.82) is 0 Å². The van der Waals surface area contributed by atoms with Crippen LogP contribution in [0.3, 0.4) is 0 Å². The summed E-state index contributed by atoms with van der Waals surface area (Å²) in [5.41, 5.74) is 2.52. The van der Waals surface area contributed by atoms with Gasteiger partial charge in [0, 0.05) is 44.9 Å². The van der Waals surface area contributed by atoms with Gasteiger partial charge in [0.15, 0.2) is 0 Å². The third-order valence-corrected chi connectivity index (χ3v) is 6.36. The van der Waals surface area contributed by atoms with Crippen molar-refractivity contribution in [1.82, 2.24) is 19.8 Å². The molecular weight excluding hydrogens is 408 g/mol. The van der Waals surface area contributed by atoms with Crippen molar-refractivity contribution in [3.05, 3.63) is 47.3 Å². The number of benzene rings is 1. The summed E-state index contributed by atoms with van der Waals surface area (Å²) in [6, 6.07) is 9.89. The fraction of sp³-hybridized carbons (Fsp3) is 0.500. The number of aromatic nitrogens is 2. The van der Waals surface area contributed by atoms with Crippen LogP contribution in [0.2, 0.25) is 0 Å². The minimum atomic E-state index is 0.0401. The third kappa shape index (κ3) is 5.00. The summed E-state index contributed by atoms with van der Waals surface area (Å²) in [4.78, 5) is 38.0. The molecular formula is C24H30N4O4. The number of fused-ring (bicyclic) bond motifs is 1. The number of carbonyl (C=O) groups is 2. The molecule has 170 valence electrons. The van der Waals surface area contributed by atoms with Crippen molar-refractivity contribution in [2.24, 2.45) is 0 Å². The summed E-state index contributed by atoms with van der Waals surface area (Å²) in [5.74, 6) is 1.89. The van der Waals surface area contributed by atoms with E-state index in [2.05, 4.69) is 22.1 Å². The highest BCUT2D eigenvalue weighted by Gasteiger charge is 2.27. The Labute approximate surface area is 188 Å². The van der Waals surface area contributed by atoms with Crippen molar-refractivity contribution < 1.29 is 19.1 Å². The lowest BCUT2D eigenvalue weighted by Crippen LogP contribution is -2.40. The number of nitrogens with zero attached hydrogens (tertiary/aromatic N) is 4. The number of methoxy groups -OCH3 is 2. The van der Waals surface area contributed by atoms with Crippen LogP contribution in [0, 0.1) is 0 Å². The molecule has 2 amide bonds. The highest BCUT2D eigenvalue weighted by atomic mass is 16.5. The molecule has 2 aliphatic heterocycles. The van der Waals surface area contributed by atoms with Crippen molar-refractivity contribution >= 4 is 11.8 Å². The van der Waals surface area contributed by atoms with Gasteiger partial charge < -0.3 is 19.3 Å². The lowest BCUT2D eigenvalue weighted by molar-refractivity contribution is -0.138. The largest absolute Gasteiger partial charge is 0.481 e. The van der Waals surface area contributed by atoms with Gasteiger partial charge >= 0.3 is 0 Å². The molecule has 1 fully saturated rings. The van der Waals surface area contributed by atoms with E-state index >= 15 is 0 Å². The molecule has 1 aromatic heterocycles. The fourth-order valence-corrected chi connectivity index (χ4v) is 4.44. The first-order valence-corrected chi connectivity index (χ1v) is 11.2. The summed E-state index contributed by atoms with van der Waals surface area (Å²) in [7, 11) is 3.13. The normalized spacial score (nSPS) is 16.4. The molecule has 0 radical (unpaired) electrons. The smallest absolute Gasteiger partial charge is 0.223 e. The minimum absolute atomic E-state index is 0.0401. The van der Waals surface area contributed by atoms with Crippen molar-refractivity contribution in [2.75, 3.05) is 33.9 Å². The lowest BCUT2D eigenvalue weighted by atomic mass is 9.95. The first-order chi connectivity index (χ1) is 15.6. The van der Waals surface area contributed by atoms with Crippen LogP contribution in [-0.2, 0) is 22.6 Å². The van der Waals surface area contributed by atoms with Gasteiger partial charge in [0.25, 0.3) is 0 Å². The summed E-state index contributed by atoms with van der Waals surface area (Å²) in [6.45, 7) is 2.63. The highest BCUT2D eigenvalue weighted by molar-refractivity contribution is 5.84. The number of amides is 2. The quantitative estimate of drug-likeness (QED) is 0.689. The van der Waals surface area contributed by atoms with Crippen LogP contribution in [0.4, 0.5) is 0 Å². The molecule has 1 saturated heterocycles. The number of piperidine rings is 1. The van der Waals surface area contributed by atoms with Gasteiger partial charge in [0.05, 0.1) is 20.3 Å². The molecule has 8 nitrogen and oxygen atoms in total. The maximum Gasteiger partial charge on any atom is 0.223 e. The zero-order valence-corrected chi connectivity index (χ0v) is 18.7. The van der Waals surface area contributed by atoms with Crippen LogP contribution in [-0.4, -0.2) is 65.4 Å². The lowest BCUT2D eigenvalue weighted by Gasteiger charge is -2.32. The second kappa shape index (κ2) is 9.97. The van der Waals surface area contributed by atoms with Crippen LogP contribution >= 0.6 is 0 Å². The molecule has 0 bridgehead atoms. The van der Waals surface area contributed by atoms with Gasteiger partial charge in [-0.05, 0) is 30.4 Å². The van der Waals surface area contributed by atoms with Gasteiger partial charge in [0.2, 0.25) is 23.6 Å². The Balaban J connectivity index is 1.26. The number of hydrogen-bond donors (Lipinski definition) is 0. The zero-order valence-electron chi connectivity index (χ0n) is 18.7. The first-order valence-electron chi connectivity index (χ1n) is 11.2. The number of rotatable bonds is 6. The van der Waals surface area contributed by atoms with Crippen LogP contribution in [0.25, 0.3) is 0 Å². The molecule has 0 saturated carbocycles. The molecule has 8 heteroatoms. The topological polar surface area (TPSA) is 84.9 Å². The van der Waals surface area contributed by atoms with E-state index in [0.717, 1.165) is 25.8 Å². The number of ether oxygens (including phenoxy) is 2. The number of likely N-dealkylation sites (tertiary alicyclic amines) is 1. The van der Waals surface area contributed by atoms with E-state index in [0.29, 0.717) is 37.2 Å². The summed E-state index contributed by atoms with van der Waals surface area (Å²) < 4.78 is 10.5. The third-order valence-electron chi connectivity index (χ3n) is 6.36. The van der Waals surface area contributed by atoms with Crippen molar-refractivity contribution in [3.63, 3.8) is 0 Å². The van der Waals surface area contributed by atoms with Crippen molar-refractivity contribution in [2.45, 2.75) is 44.6 Å². The van der Waals surface area contributed by atoms with E-state index in [4.69, 9.17) is 9.47 Å². The predicted molar refractivity (Wildman–Crippen MR) is 118 cm³/mol. The molecule has 0 N–H and O–H groups in total. The van der Waals surface area contributed by atoms with Gasteiger partial charge in [-0.2, -0.15) is 9.97 Å². The van der Waals surface area contributed by atoms with Gasteiger partial charge in [-0.15, -0.1) is 0 Å². The average Bonchev–Trinajstić information content (AvgIpc) is 2.86. The van der Waals surface area contributed by atoms with E-state index in [1.165, 1.54) is 11.1 Å². The van der Waals surface area contributed by atoms with Crippen molar-refractivity contribution in [3.8, 4) is 11.8 Å². The monoisotopic (exact) mass is 438 g/mol. The van der Waals surface area contributed by atoms with E-state index in [9.17, 15) is 9.59 Å². The molecule has 0 atom stereocenters. The average molecular weight is 439 g/mol. The Hall–Kier alpha value is -3.16. The van der Waals surface area contributed by atoms with Gasteiger partial charge in [0.1, 0.15) is 5.82 Å². The minimum Gasteiger partial charge on any atom is -0.481 e. The van der Waals surface area contributed by atoms with E-state index < -0.39 is 0 Å². The van der Waals surface area contributed by atoms with Gasteiger partial charge in [-0.3, -0.25) is 9.59 Å². The summed E-state index contributed by atoms with van der Waals surface area (Å²) in [6.07, 6.45) is 2.95. The van der Waals surface area contributed by atoms with E-state index in [1.54, 1.807) is 20.3 Å². The van der Waals surface area contributed by atoms with Crippen LogP contribution in [0.5, 0.6) is 11.8 Å². The molecule has 1 aromatic carbocycles. The van der Waals surface area contributed by atoms with Crippen LogP contribution < -0.4 is 9.47 Å². The second-order valence-corrected chi connectivity index (χ2v) is 8.30. The molecule has 32 heavy (non-hydrogen) atoms. The molecule has 4 rings (SSSR count). The standard InChI is InChI=1S/C24H30N4O4/c1-31-20-15-21(32-2)26-24(25-20)18-10-12-27(13-11-18)22(29)7-8-23(30)28-14-9-17-5-3-4-6-19(17)16-28/h3-6,15,18H,7-14,16H2,1-2H3. The Kier molecular flexibility index (Phi) is 6.87. The molecule has 0 unspecified atom stereocenters. The molecule has 3 heterocycles. The number of carbonyl (C=O) groups excluding carboxylic acids is 2. The highest BCUT2D eigenvalue weighted by Crippen LogP contribution is 2.29. The Bertz CT molecular complexity index is 950. The maximum atomic E-state index is 12.7. The summed E-state index contributed by atoms with van der Waals surface area (Å²) in [5, 5.41) is 0.